The Balaban J connectivity index is 0.000000192. The average Bonchev–Trinajstić information content (AvgIpc) is 1.04. The van der Waals surface area contributed by atoms with Gasteiger partial charge in [-0.25, -0.2) is 9.97 Å². The largest absolute Gasteiger partial charge is 0.493 e. The third-order valence-electron chi connectivity index (χ3n) is 21.9. The number of para-hydroxylation sites is 4. The van der Waals surface area contributed by atoms with Crippen LogP contribution in [0.5, 0.6) is 0 Å². The van der Waals surface area contributed by atoms with Crippen molar-refractivity contribution < 1.29 is 80.4 Å². The molecule has 16 aromatic rings. The van der Waals surface area contributed by atoms with E-state index in [9.17, 15) is 0 Å². The van der Waals surface area contributed by atoms with Crippen LogP contribution in [0, 0.1) is 93.0 Å². The van der Waals surface area contributed by atoms with Gasteiger partial charge in [0.15, 0.2) is 0 Å². The van der Waals surface area contributed by atoms with E-state index in [0.717, 1.165) is 90.5 Å². The van der Waals surface area contributed by atoms with Crippen molar-refractivity contribution in [3.8, 4) is 112 Å². The van der Waals surface area contributed by atoms with Crippen molar-refractivity contribution in [3.05, 3.63) is 398 Å². The normalized spacial score (nSPS) is 11.8. The van der Waals surface area contributed by atoms with Crippen LogP contribution >= 0.6 is 0 Å². The second-order valence-corrected chi connectivity index (χ2v) is 28.1. The summed E-state index contributed by atoms with van der Waals surface area (Å²) in [7, 11) is 0. The summed E-state index contributed by atoms with van der Waals surface area (Å²) in [5, 5.41) is 0. The van der Waals surface area contributed by atoms with Crippen molar-refractivity contribution in [2.24, 2.45) is 0 Å². The number of aromatic nitrogens is 4. The Morgan fingerprint density at radius 3 is 0.860 bits per heavy atom. The van der Waals surface area contributed by atoms with E-state index in [-0.39, 0.29) is 80.4 Å². The van der Waals surface area contributed by atoms with E-state index in [1.807, 2.05) is 73.7 Å². The number of hydrogen-bond donors (Lipinski definition) is 0. The molecule has 0 spiro atoms. The molecule has 2 aliphatic heterocycles. The molecule has 0 atom stereocenters. The van der Waals surface area contributed by atoms with E-state index in [1.54, 1.807) is 12.4 Å². The molecule has 4 radical (unpaired) electrons. The number of nitrogens with zero attached hydrogens (tertiary/aromatic N) is 8. The Bertz CT molecular complexity index is 5640. The van der Waals surface area contributed by atoms with Crippen LogP contribution < -0.4 is 19.6 Å². The van der Waals surface area contributed by atoms with Gasteiger partial charge in [0.2, 0.25) is 0 Å². The third kappa shape index (κ3) is 15.5. The molecule has 8 nitrogen and oxygen atoms in total. The minimum Gasteiger partial charge on any atom is -0.493 e. The van der Waals surface area contributed by atoms with Crippen molar-refractivity contribution in [3.63, 3.8) is 0 Å². The molecule has 13 aromatic carbocycles. The number of rotatable bonds is 14. The van der Waals surface area contributed by atoms with E-state index in [2.05, 4.69) is 357 Å². The summed E-state index contributed by atoms with van der Waals surface area (Å²) < 4.78 is 0. The molecular weight excluding hydrogens is 2110 g/mol. The molecular formula is C102H78Ir4N8-6. The molecule has 568 valence electrons. The third-order valence-corrected chi connectivity index (χ3v) is 21.9. The molecule has 0 aliphatic carbocycles. The maximum absolute atomic E-state index is 4.70. The molecule has 114 heavy (non-hydrogen) atoms. The molecule has 0 bridgehead atoms. The van der Waals surface area contributed by atoms with E-state index in [4.69, 9.17) is 4.98 Å². The van der Waals surface area contributed by atoms with Crippen LogP contribution in [-0.2, 0) is 80.4 Å². The molecule has 0 saturated heterocycles. The number of anilines is 8. The first-order valence-electron chi connectivity index (χ1n) is 37.3. The molecule has 0 fully saturated rings. The van der Waals surface area contributed by atoms with E-state index in [0.29, 0.717) is 0 Å². The summed E-state index contributed by atoms with van der Waals surface area (Å²) in [6.07, 6.45) is 7.11. The Morgan fingerprint density at radius 1 is 0.237 bits per heavy atom. The van der Waals surface area contributed by atoms with Crippen molar-refractivity contribution in [2.75, 3.05) is 19.6 Å². The number of hydrogen-bond acceptors (Lipinski definition) is 8. The van der Waals surface area contributed by atoms with E-state index < -0.39 is 0 Å². The Kier molecular flexibility index (Phi) is 25.3. The minimum atomic E-state index is 0. The average molecular weight is 2180 g/mol. The fraction of sp³-hybridized carbons (Fsp3) is 0.0784. The summed E-state index contributed by atoms with van der Waals surface area (Å²) >= 11 is 0. The smallest absolute Gasteiger partial charge is 0.145 e. The standard InChI is InChI=1S/C52H40N3.C50H38N5.4Ir/c1-35-37(3)52(38(4)36(2)51(35)46-20-10-8-18-44(46)39-25-27-41(28-26-39)48-22-14-15-33-53-48)47-21-11-9-19-45(47)40-29-31-43(32-30-40)55-34-54(42-16-6-5-7-17-42)49-23-12-13-24-50(49)55;1-33-35(3)48(36(4)34(2)47(33)44-18-10-8-16-42(44)37-21-23-39(24-22-37)46-20-12-13-29-51-46)45-19-11-9-17-43(45)38-25-27-41(28-26-38)55-32-54(40-14-6-5-7-15-40)49-50(55)53-31-30-52-49;;;;/h5-27,29-31,33-34H,1-4H3;5-23,25-27,29-32H,1-4H3;;;;/q2*-3;;;;. The van der Waals surface area contributed by atoms with Crippen LogP contribution in [-0.4, -0.2) is 19.9 Å². The van der Waals surface area contributed by atoms with Gasteiger partial charge >= 0.3 is 0 Å². The van der Waals surface area contributed by atoms with Crippen molar-refractivity contribution in [2.45, 2.75) is 55.4 Å². The Labute approximate surface area is 724 Å². The van der Waals surface area contributed by atoms with E-state index >= 15 is 0 Å². The zero-order valence-electron chi connectivity index (χ0n) is 64.1. The number of fused-ring (bicyclic) bond motifs is 2. The molecule has 0 saturated carbocycles. The first-order valence-corrected chi connectivity index (χ1v) is 37.3. The van der Waals surface area contributed by atoms with Gasteiger partial charge in [0.1, 0.15) is 11.6 Å². The number of pyridine rings is 2. The molecule has 2 aliphatic rings. The first-order chi connectivity index (χ1) is 53.9. The molecule has 5 heterocycles. The van der Waals surface area contributed by atoms with Gasteiger partial charge in [-0.05, 0) is 204 Å². The molecule has 0 N–H and O–H groups in total. The van der Waals surface area contributed by atoms with Gasteiger partial charge in [0.05, 0.1) is 0 Å². The maximum atomic E-state index is 4.70. The van der Waals surface area contributed by atoms with Gasteiger partial charge in [0.25, 0.3) is 0 Å². The molecule has 18 rings (SSSR count). The van der Waals surface area contributed by atoms with Crippen molar-refractivity contribution >= 4 is 45.8 Å². The second kappa shape index (κ2) is 35.6. The van der Waals surface area contributed by atoms with Gasteiger partial charge in [0, 0.05) is 128 Å². The van der Waals surface area contributed by atoms with Crippen LogP contribution in [0.15, 0.2) is 316 Å². The van der Waals surface area contributed by atoms with Crippen LogP contribution in [0.1, 0.15) is 44.5 Å². The van der Waals surface area contributed by atoms with E-state index in [1.165, 1.54) is 111 Å². The molecule has 3 aromatic heterocycles. The monoisotopic (exact) mass is 2190 g/mol. The van der Waals surface area contributed by atoms with Crippen molar-refractivity contribution in [1.82, 2.24) is 19.9 Å². The topological polar surface area (TPSA) is 64.5 Å². The van der Waals surface area contributed by atoms with Gasteiger partial charge in [-0.2, -0.15) is 36.4 Å². The van der Waals surface area contributed by atoms with Gasteiger partial charge in [-0.15, -0.1) is 108 Å². The fourth-order valence-corrected chi connectivity index (χ4v) is 16.0. The fourth-order valence-electron chi connectivity index (χ4n) is 16.0. The molecule has 0 amide bonds. The summed E-state index contributed by atoms with van der Waals surface area (Å²) in [5.74, 6) is 1.56. The van der Waals surface area contributed by atoms with Crippen LogP contribution in [0.3, 0.4) is 0 Å². The van der Waals surface area contributed by atoms with Gasteiger partial charge in [-0.1, -0.05) is 203 Å². The summed E-state index contributed by atoms with van der Waals surface area (Å²) in [5.41, 5.74) is 39.8. The second-order valence-electron chi connectivity index (χ2n) is 28.1. The summed E-state index contributed by atoms with van der Waals surface area (Å²) in [6, 6.07) is 116. The molecule has 0 unspecified atom stereocenters. The summed E-state index contributed by atoms with van der Waals surface area (Å²) in [4.78, 5) is 27.0. The van der Waals surface area contributed by atoms with Crippen LogP contribution in [0.25, 0.3) is 112 Å². The summed E-state index contributed by atoms with van der Waals surface area (Å²) in [6.45, 7) is 22.4. The molecule has 12 heteroatoms. The first kappa shape index (κ1) is 81.1. The zero-order chi connectivity index (χ0) is 74.9. The SMILES string of the molecule is Cc1c(C)c(-c2ccccc2-c2c[c-]c(N3[CH-]N(c4ccccc4)c4ccccc43)cc2)c(C)c(C)c1-c1ccccc1-c1c[c-]c(-c2ccccn2)cc1.Cc1c(C)c(-c2ccccc2-c2c[c-]c(N3[CH-]N(c4ccccc4)c4nccnc43)cc2)c(C)c(C)c1-c1ccccc1-c1c[c-]c(-c2ccccn2)cc1.[Ir].[Ir].[Ir].[Ir]. The number of benzene rings is 13. The predicted octanol–water partition coefficient (Wildman–Crippen LogP) is 26.1. The van der Waals surface area contributed by atoms with Crippen LogP contribution in [0.4, 0.5) is 45.8 Å². The predicted molar refractivity (Wildman–Crippen MR) is 455 cm³/mol. The minimum absolute atomic E-state index is 0. The Morgan fingerprint density at radius 2 is 0.526 bits per heavy atom. The quantitative estimate of drug-likeness (QED) is 0.0998. The Hall–Kier alpha value is -11.0. The van der Waals surface area contributed by atoms with Crippen molar-refractivity contribution in [1.29, 1.82) is 0 Å². The van der Waals surface area contributed by atoms with Crippen LogP contribution in [0.2, 0.25) is 0 Å². The van der Waals surface area contributed by atoms with Gasteiger partial charge in [-0.3, -0.25) is 0 Å². The van der Waals surface area contributed by atoms with Gasteiger partial charge < -0.3 is 29.6 Å². The zero-order valence-corrected chi connectivity index (χ0v) is 73.7. The maximum Gasteiger partial charge on any atom is 0.145 e.